The van der Waals surface area contributed by atoms with E-state index in [-0.39, 0.29) is 39.8 Å². The van der Waals surface area contributed by atoms with Gasteiger partial charge < -0.3 is 40.7 Å². The number of hydrogen-bond donors (Lipinski definition) is 0. The van der Waals surface area contributed by atoms with Gasteiger partial charge in [-0.1, -0.05) is 12.1 Å². The van der Waals surface area contributed by atoms with Crippen LogP contribution in [-0.4, -0.2) is 42.5 Å². The minimum Gasteiger partial charge on any atom is -0.792 e. The Morgan fingerprint density at radius 1 is 0.920 bits per heavy atom. The number of methoxy groups -OCH3 is 1. The van der Waals surface area contributed by atoms with Gasteiger partial charge in [0.25, 0.3) is 0 Å². The molecule has 0 aromatic heterocycles. The van der Waals surface area contributed by atoms with Crippen molar-refractivity contribution < 1.29 is 31.1 Å². The molecule has 0 amide bonds. The third kappa shape index (κ3) is 14.1. The van der Waals surface area contributed by atoms with E-state index in [9.17, 15) is 20.4 Å². The third-order valence-electron chi connectivity index (χ3n) is 2.89. The number of carbonyl (C=O) groups is 1. The van der Waals surface area contributed by atoms with Crippen molar-refractivity contribution in [3.8, 4) is 0 Å². The predicted molar refractivity (Wildman–Crippen MR) is 94.3 cm³/mol. The maximum Gasteiger partial charge on any atom is 3.00 e. The molecular weight excluding hydrogens is 379 g/mol. The van der Waals surface area contributed by atoms with E-state index in [1.54, 1.807) is 21.0 Å². The van der Waals surface area contributed by atoms with Crippen LogP contribution in [0.4, 0.5) is 0 Å². The molecule has 0 bridgehead atoms. The smallest absolute Gasteiger partial charge is 0.792 e. The van der Waals surface area contributed by atoms with Gasteiger partial charge in [0.15, 0.2) is 0 Å². The van der Waals surface area contributed by atoms with Gasteiger partial charge >= 0.3 is 22.7 Å². The number of hydrogen-bond acceptors (Lipinski definition) is 10. The first-order chi connectivity index (χ1) is 11.2. The quantitative estimate of drug-likeness (QED) is 0.362. The molecule has 1 unspecified atom stereocenters. The molecule has 144 valence electrons. The van der Waals surface area contributed by atoms with Crippen LogP contribution in [0.5, 0.6) is 0 Å². The first kappa shape index (κ1) is 27.8. The van der Waals surface area contributed by atoms with Crippen LogP contribution in [0.25, 0.3) is 0 Å². The minimum absolute atomic E-state index is 0. The Kier molecular flexibility index (Phi) is 18.8. The van der Waals surface area contributed by atoms with Crippen molar-refractivity contribution >= 4 is 28.8 Å². The molecule has 0 aromatic rings. The average molecular weight is 402 g/mol. The summed E-state index contributed by atoms with van der Waals surface area (Å²) in [5.41, 5.74) is 0.764. The van der Waals surface area contributed by atoms with E-state index in [0.29, 0.717) is 18.7 Å². The standard InChI is InChI=1S/C10H18N2O4.C4H8N2O2.Co/c1-7(5-6-15-4)10(13)16-12-9(3)8(2)11-14;1-3(5-7)4(2)6-8;/h7,14H,5-6H2,1-4H3;7-8H,1-2H3;/q;;+3/p-3/b11-8+,12-9+;5-3+,6-4+;. The summed E-state index contributed by atoms with van der Waals surface area (Å²) in [5.74, 6) is -0.740. The van der Waals surface area contributed by atoms with Gasteiger partial charge in [0.2, 0.25) is 0 Å². The Morgan fingerprint density at radius 3 is 1.68 bits per heavy atom. The fourth-order valence-electron chi connectivity index (χ4n) is 0.880. The van der Waals surface area contributed by atoms with Gasteiger partial charge in [-0.15, -0.1) is 0 Å². The molecule has 0 heterocycles. The van der Waals surface area contributed by atoms with Crippen LogP contribution >= 0.6 is 0 Å². The SMILES string of the molecule is CC(=N\[O-])/C(C)=N/[O-].COCCC(C)C(=O)O/N=C(C)/C(C)=N/[O-].[Co+3]. The van der Waals surface area contributed by atoms with Gasteiger partial charge in [0.1, 0.15) is 0 Å². The normalized spacial score (nSPS) is 14.0. The van der Waals surface area contributed by atoms with E-state index in [1.165, 1.54) is 20.8 Å². The maximum absolute atomic E-state index is 11.4. The fraction of sp³-hybridized carbons (Fsp3) is 0.643. The Balaban J connectivity index is -0.000000457. The van der Waals surface area contributed by atoms with E-state index in [0.717, 1.165) is 0 Å². The van der Waals surface area contributed by atoms with E-state index in [1.807, 2.05) is 0 Å². The number of nitrogens with zero attached hydrogens (tertiary/aromatic N) is 4. The minimum atomic E-state index is -0.449. The van der Waals surface area contributed by atoms with Crippen molar-refractivity contribution in [1.29, 1.82) is 0 Å². The van der Waals surface area contributed by atoms with Crippen LogP contribution in [0, 0.1) is 21.5 Å². The first-order valence-electron chi connectivity index (χ1n) is 7.00. The monoisotopic (exact) mass is 402 g/mol. The number of carbonyl (C=O) groups excluding carboxylic acids is 1. The van der Waals surface area contributed by atoms with Crippen molar-refractivity contribution in [1.82, 2.24) is 0 Å². The van der Waals surface area contributed by atoms with Crippen LogP contribution in [0.1, 0.15) is 41.0 Å². The zero-order valence-corrected chi connectivity index (χ0v) is 16.1. The molecule has 11 heteroatoms. The number of ether oxygens (including phenoxy) is 1. The van der Waals surface area contributed by atoms with Gasteiger partial charge in [-0.2, -0.15) is 0 Å². The molecule has 25 heavy (non-hydrogen) atoms. The van der Waals surface area contributed by atoms with Crippen molar-refractivity contribution in [2.24, 2.45) is 26.5 Å². The summed E-state index contributed by atoms with van der Waals surface area (Å²) < 4.78 is 4.84. The molecule has 0 saturated carbocycles. The topological polar surface area (TPSA) is 154 Å². The van der Waals surface area contributed by atoms with Crippen LogP contribution < -0.4 is 0 Å². The van der Waals surface area contributed by atoms with Gasteiger partial charge in [-0.05, 0) is 34.1 Å². The molecule has 0 spiro atoms. The second kappa shape index (κ2) is 16.9. The van der Waals surface area contributed by atoms with Crippen molar-refractivity contribution in [3.05, 3.63) is 15.6 Å². The number of oxime groups is 1. The molecule has 0 aromatic carbocycles. The summed E-state index contributed by atoms with van der Waals surface area (Å²) in [6.07, 6.45) is 0.568. The van der Waals surface area contributed by atoms with Crippen molar-refractivity contribution in [3.63, 3.8) is 0 Å². The molecule has 0 rings (SSSR count). The van der Waals surface area contributed by atoms with E-state index in [4.69, 9.17) is 4.74 Å². The number of rotatable bonds is 7. The molecule has 0 aliphatic carbocycles. The van der Waals surface area contributed by atoms with Gasteiger partial charge in [0.05, 0.1) is 17.3 Å². The molecule has 0 radical (unpaired) electrons. The first-order valence-corrected chi connectivity index (χ1v) is 7.00. The molecule has 1 atom stereocenters. The van der Waals surface area contributed by atoms with Crippen LogP contribution in [-0.2, 0) is 31.1 Å². The average Bonchev–Trinajstić information content (AvgIpc) is 2.61. The van der Waals surface area contributed by atoms with E-state index < -0.39 is 5.97 Å². The zero-order valence-electron chi connectivity index (χ0n) is 15.1. The predicted octanol–water partition coefficient (Wildman–Crippen LogP) is 2.44. The van der Waals surface area contributed by atoms with Crippen LogP contribution in [0.2, 0.25) is 0 Å². The zero-order chi connectivity index (χ0) is 19.1. The maximum atomic E-state index is 11.4. The van der Waals surface area contributed by atoms with Crippen molar-refractivity contribution in [2.45, 2.75) is 41.0 Å². The Bertz CT molecular complexity index is 490. The molecule has 0 aliphatic heterocycles. The molecule has 0 saturated heterocycles. The summed E-state index contributed by atoms with van der Waals surface area (Å²) >= 11 is 0. The Morgan fingerprint density at radius 2 is 1.32 bits per heavy atom. The molecular formula is C14H23CoN4O6. The summed E-state index contributed by atoms with van der Waals surface area (Å²) in [7, 11) is 1.56. The summed E-state index contributed by atoms with van der Waals surface area (Å²) in [6.45, 7) is 8.12. The molecule has 0 aliphatic rings. The summed E-state index contributed by atoms with van der Waals surface area (Å²) in [5, 5.41) is 40.5. The van der Waals surface area contributed by atoms with E-state index >= 15 is 0 Å². The van der Waals surface area contributed by atoms with Crippen LogP contribution in [0.15, 0.2) is 20.6 Å². The second-order valence-electron chi connectivity index (χ2n) is 4.80. The van der Waals surface area contributed by atoms with Gasteiger partial charge in [0, 0.05) is 25.1 Å². The van der Waals surface area contributed by atoms with Gasteiger partial charge in [-0.3, -0.25) is 0 Å². The Hall–Kier alpha value is -1.98. The Labute approximate surface area is 157 Å². The largest absolute Gasteiger partial charge is 3.00 e. The third-order valence-corrected chi connectivity index (χ3v) is 2.89. The fourth-order valence-corrected chi connectivity index (χ4v) is 0.880. The molecule has 10 nitrogen and oxygen atoms in total. The molecule has 0 N–H and O–H groups in total. The summed E-state index contributed by atoms with van der Waals surface area (Å²) in [6, 6.07) is 0. The van der Waals surface area contributed by atoms with Crippen LogP contribution in [0.3, 0.4) is 0 Å². The second-order valence-corrected chi connectivity index (χ2v) is 4.80. The van der Waals surface area contributed by atoms with E-state index in [2.05, 4.69) is 25.5 Å². The van der Waals surface area contributed by atoms with Crippen molar-refractivity contribution in [2.75, 3.05) is 13.7 Å². The van der Waals surface area contributed by atoms with Gasteiger partial charge in [-0.25, -0.2) is 4.79 Å². The molecule has 0 fully saturated rings. The summed E-state index contributed by atoms with van der Waals surface area (Å²) in [4.78, 5) is 16.0.